The maximum absolute atomic E-state index is 13.0. The second kappa shape index (κ2) is 6.82. The lowest BCUT2D eigenvalue weighted by Gasteiger charge is -2.41. The summed E-state index contributed by atoms with van der Waals surface area (Å²) in [6.45, 7) is 3.15. The molecule has 0 aliphatic carbocycles. The number of fused-ring (bicyclic) bond motifs is 3. The van der Waals surface area contributed by atoms with E-state index >= 15 is 0 Å². The minimum Gasteiger partial charge on any atom is -0.457 e. The van der Waals surface area contributed by atoms with Crippen LogP contribution in [-0.2, 0) is 4.74 Å². The van der Waals surface area contributed by atoms with Crippen molar-refractivity contribution in [3.8, 4) is 5.82 Å². The van der Waals surface area contributed by atoms with Gasteiger partial charge >= 0.3 is 5.97 Å². The van der Waals surface area contributed by atoms with E-state index in [4.69, 9.17) is 4.74 Å². The minimum absolute atomic E-state index is 0.00601. The molecule has 0 N–H and O–H groups in total. The van der Waals surface area contributed by atoms with Crippen molar-refractivity contribution in [1.29, 1.82) is 0 Å². The average Bonchev–Trinajstić information content (AvgIpc) is 3.08. The van der Waals surface area contributed by atoms with Gasteiger partial charge in [0.25, 0.3) is 0 Å². The summed E-state index contributed by atoms with van der Waals surface area (Å²) in [6.07, 6.45) is 7.12. The van der Waals surface area contributed by atoms with Crippen molar-refractivity contribution in [2.45, 2.75) is 25.4 Å². The highest BCUT2D eigenvalue weighted by molar-refractivity contribution is 6.04. The molecule has 2 aliphatic rings. The normalized spacial score (nSPS) is 24.7. The summed E-state index contributed by atoms with van der Waals surface area (Å²) in [5.41, 5.74) is 1.58. The lowest BCUT2D eigenvalue weighted by molar-refractivity contribution is -0.0168. The smallest absolute Gasteiger partial charge is 0.340 e. The van der Waals surface area contributed by atoms with Gasteiger partial charge in [-0.3, -0.25) is 4.90 Å². The highest BCUT2D eigenvalue weighted by Crippen LogP contribution is 2.30. The predicted octanol–water partition coefficient (Wildman–Crippen LogP) is 3.67. The standard InChI is InChI=1S/C22H23N3O2/c26-22(27-17-12-16-6-5-11-24(13-16)14-17)19-15-25(21-9-3-4-10-23-21)20-8-2-1-7-18(19)20/h1-4,7-10,15-17H,5-6,11-14H2. The van der Waals surface area contributed by atoms with Gasteiger partial charge in [0.05, 0.1) is 11.1 Å². The zero-order valence-corrected chi connectivity index (χ0v) is 15.3. The molecule has 0 amide bonds. The summed E-state index contributed by atoms with van der Waals surface area (Å²) < 4.78 is 7.92. The maximum atomic E-state index is 13.0. The Bertz CT molecular complexity index is 954. The first-order chi connectivity index (χ1) is 13.3. The molecule has 4 heterocycles. The number of ether oxygens (including phenoxy) is 1. The van der Waals surface area contributed by atoms with Gasteiger partial charge < -0.3 is 9.30 Å². The van der Waals surface area contributed by atoms with Gasteiger partial charge in [-0.2, -0.15) is 0 Å². The van der Waals surface area contributed by atoms with E-state index in [9.17, 15) is 4.79 Å². The number of nitrogens with zero attached hydrogens (tertiary/aromatic N) is 3. The molecule has 2 bridgehead atoms. The lowest BCUT2D eigenvalue weighted by atomic mass is 9.88. The third-order valence-corrected chi connectivity index (χ3v) is 5.76. The summed E-state index contributed by atoms with van der Waals surface area (Å²) >= 11 is 0. The van der Waals surface area contributed by atoms with Crippen LogP contribution >= 0.6 is 0 Å². The van der Waals surface area contributed by atoms with E-state index in [1.165, 1.54) is 12.8 Å². The molecule has 3 unspecified atom stereocenters. The van der Waals surface area contributed by atoms with Gasteiger partial charge in [-0.05, 0) is 49.9 Å². The lowest BCUT2D eigenvalue weighted by Crippen LogP contribution is -2.48. The van der Waals surface area contributed by atoms with Crippen molar-refractivity contribution in [1.82, 2.24) is 14.5 Å². The van der Waals surface area contributed by atoms with Gasteiger partial charge in [-0.1, -0.05) is 24.3 Å². The van der Waals surface area contributed by atoms with Gasteiger partial charge in [0.2, 0.25) is 0 Å². The van der Waals surface area contributed by atoms with Crippen molar-refractivity contribution < 1.29 is 9.53 Å². The number of para-hydroxylation sites is 1. The molecule has 3 atom stereocenters. The molecule has 138 valence electrons. The Morgan fingerprint density at radius 1 is 1.11 bits per heavy atom. The first kappa shape index (κ1) is 16.5. The first-order valence-corrected chi connectivity index (χ1v) is 9.73. The summed E-state index contributed by atoms with van der Waals surface area (Å²) in [4.78, 5) is 19.9. The minimum atomic E-state index is -0.230. The van der Waals surface area contributed by atoms with Gasteiger partial charge in [0.1, 0.15) is 11.9 Å². The second-order valence-electron chi connectivity index (χ2n) is 7.65. The van der Waals surface area contributed by atoms with Crippen molar-refractivity contribution in [3.05, 3.63) is 60.4 Å². The Labute approximate surface area is 158 Å². The Balaban J connectivity index is 1.45. The van der Waals surface area contributed by atoms with Crippen molar-refractivity contribution in [2.75, 3.05) is 19.6 Å². The Morgan fingerprint density at radius 3 is 2.85 bits per heavy atom. The fourth-order valence-electron chi connectivity index (χ4n) is 4.57. The van der Waals surface area contributed by atoms with Crippen LogP contribution in [0, 0.1) is 5.92 Å². The molecule has 27 heavy (non-hydrogen) atoms. The van der Waals surface area contributed by atoms with Crippen LogP contribution in [0.4, 0.5) is 0 Å². The molecular weight excluding hydrogens is 338 g/mol. The van der Waals surface area contributed by atoms with E-state index in [2.05, 4.69) is 9.88 Å². The third-order valence-electron chi connectivity index (χ3n) is 5.76. The van der Waals surface area contributed by atoms with E-state index in [0.29, 0.717) is 11.5 Å². The Hall–Kier alpha value is -2.66. The van der Waals surface area contributed by atoms with Crippen molar-refractivity contribution in [3.63, 3.8) is 0 Å². The third kappa shape index (κ3) is 3.12. The van der Waals surface area contributed by atoms with E-state index in [-0.39, 0.29) is 12.1 Å². The van der Waals surface area contributed by atoms with Crippen LogP contribution in [0.25, 0.3) is 16.7 Å². The maximum Gasteiger partial charge on any atom is 0.340 e. The van der Waals surface area contributed by atoms with Crippen LogP contribution in [0.2, 0.25) is 0 Å². The van der Waals surface area contributed by atoms with Crippen molar-refractivity contribution in [2.24, 2.45) is 5.92 Å². The predicted molar refractivity (Wildman–Crippen MR) is 104 cm³/mol. The fraction of sp³-hybridized carbons (Fsp3) is 0.364. The summed E-state index contributed by atoms with van der Waals surface area (Å²) in [6, 6.07) is 13.7. The molecule has 2 saturated heterocycles. The van der Waals surface area contributed by atoms with E-state index in [1.54, 1.807) is 6.20 Å². The zero-order valence-electron chi connectivity index (χ0n) is 15.3. The summed E-state index contributed by atoms with van der Waals surface area (Å²) in [5.74, 6) is 1.23. The molecule has 0 saturated carbocycles. The number of rotatable bonds is 3. The SMILES string of the molecule is O=C(OC1CC2CCCN(C2)C1)c1cn(-c2ccccn2)c2ccccc12. The zero-order chi connectivity index (χ0) is 18.2. The monoisotopic (exact) mass is 361 g/mol. The quantitative estimate of drug-likeness (QED) is 0.668. The topological polar surface area (TPSA) is 47.4 Å². The number of aromatic nitrogens is 2. The van der Waals surface area contributed by atoms with Gasteiger partial charge in [0, 0.05) is 30.9 Å². The van der Waals surface area contributed by atoms with Crippen LogP contribution in [-0.4, -0.2) is 46.2 Å². The van der Waals surface area contributed by atoms with E-state index in [1.807, 2.05) is 53.2 Å². The molecule has 0 spiro atoms. The molecule has 2 aliphatic heterocycles. The highest BCUT2D eigenvalue weighted by Gasteiger charge is 2.32. The number of hydrogen-bond acceptors (Lipinski definition) is 4. The number of carbonyl (C=O) groups excluding carboxylic acids is 1. The molecule has 2 aromatic heterocycles. The molecule has 3 aromatic rings. The number of carbonyl (C=O) groups is 1. The number of esters is 1. The second-order valence-corrected chi connectivity index (χ2v) is 7.65. The van der Waals surface area contributed by atoms with Gasteiger partial charge in [0.15, 0.2) is 0 Å². The van der Waals surface area contributed by atoms with Gasteiger partial charge in [-0.25, -0.2) is 9.78 Å². The Kier molecular flexibility index (Phi) is 4.17. The van der Waals surface area contributed by atoms with Crippen molar-refractivity contribution >= 4 is 16.9 Å². The largest absolute Gasteiger partial charge is 0.457 e. The van der Waals surface area contributed by atoms with Crippen LogP contribution < -0.4 is 0 Å². The van der Waals surface area contributed by atoms with Gasteiger partial charge in [-0.15, -0.1) is 0 Å². The molecule has 5 nitrogen and oxygen atoms in total. The first-order valence-electron chi connectivity index (χ1n) is 9.73. The summed E-state index contributed by atoms with van der Waals surface area (Å²) in [7, 11) is 0. The Morgan fingerprint density at radius 2 is 2.00 bits per heavy atom. The fourth-order valence-corrected chi connectivity index (χ4v) is 4.57. The van der Waals surface area contributed by atoms with Crippen LogP contribution in [0.1, 0.15) is 29.6 Å². The summed E-state index contributed by atoms with van der Waals surface area (Å²) in [5, 5.41) is 0.907. The molecular formula is C22H23N3O2. The van der Waals surface area contributed by atoms with E-state index < -0.39 is 0 Å². The molecule has 0 radical (unpaired) electrons. The van der Waals surface area contributed by atoms with Crippen LogP contribution in [0.5, 0.6) is 0 Å². The molecule has 5 heteroatoms. The van der Waals surface area contributed by atoms with Crippen LogP contribution in [0.3, 0.4) is 0 Å². The number of hydrogen-bond donors (Lipinski definition) is 0. The molecule has 5 rings (SSSR count). The highest BCUT2D eigenvalue weighted by atomic mass is 16.5. The number of benzene rings is 1. The molecule has 1 aromatic carbocycles. The van der Waals surface area contributed by atoms with Crippen LogP contribution in [0.15, 0.2) is 54.9 Å². The number of piperidine rings is 2. The molecule has 2 fully saturated rings. The number of pyridine rings is 1. The average molecular weight is 361 g/mol. The van der Waals surface area contributed by atoms with E-state index in [0.717, 1.165) is 42.8 Å².